The van der Waals surface area contributed by atoms with Crippen molar-refractivity contribution >= 4 is 6.29 Å². The Morgan fingerprint density at radius 1 is 1.05 bits per heavy atom. The monoisotopic (exact) mass is 256 g/mol. The second-order valence-electron chi connectivity index (χ2n) is 4.16. The molecule has 0 amide bonds. The van der Waals surface area contributed by atoms with Gasteiger partial charge in [-0.15, -0.1) is 0 Å². The SMILES string of the molecule is O=Cc1ccccc1-c1ccc(OCCCO)cc1. The van der Waals surface area contributed by atoms with E-state index in [-0.39, 0.29) is 6.61 Å². The summed E-state index contributed by atoms with van der Waals surface area (Å²) < 4.78 is 5.46. The van der Waals surface area contributed by atoms with Gasteiger partial charge >= 0.3 is 0 Å². The minimum atomic E-state index is 0.130. The molecule has 0 heterocycles. The molecule has 2 aromatic rings. The van der Waals surface area contributed by atoms with Gasteiger partial charge in [-0.2, -0.15) is 0 Å². The molecule has 0 fully saturated rings. The number of aliphatic hydroxyl groups excluding tert-OH is 1. The first-order valence-corrected chi connectivity index (χ1v) is 6.23. The number of carbonyl (C=O) groups is 1. The zero-order valence-electron chi connectivity index (χ0n) is 10.6. The molecular weight excluding hydrogens is 240 g/mol. The third-order valence-corrected chi connectivity index (χ3v) is 2.82. The summed E-state index contributed by atoms with van der Waals surface area (Å²) in [6, 6.07) is 15.1. The summed E-state index contributed by atoms with van der Waals surface area (Å²) in [5.41, 5.74) is 2.58. The maximum atomic E-state index is 11.0. The second-order valence-corrected chi connectivity index (χ2v) is 4.16. The summed E-state index contributed by atoms with van der Waals surface area (Å²) in [7, 11) is 0. The number of hydrogen-bond donors (Lipinski definition) is 1. The lowest BCUT2D eigenvalue weighted by Gasteiger charge is -2.08. The van der Waals surface area contributed by atoms with E-state index in [4.69, 9.17) is 9.84 Å². The Morgan fingerprint density at radius 3 is 2.47 bits per heavy atom. The van der Waals surface area contributed by atoms with Gasteiger partial charge in [0.2, 0.25) is 0 Å². The number of aliphatic hydroxyl groups is 1. The van der Waals surface area contributed by atoms with Crippen LogP contribution in [0.3, 0.4) is 0 Å². The fourth-order valence-electron chi connectivity index (χ4n) is 1.85. The van der Waals surface area contributed by atoms with E-state index in [1.54, 1.807) is 6.07 Å². The van der Waals surface area contributed by atoms with E-state index in [9.17, 15) is 4.79 Å². The Hall–Kier alpha value is -2.13. The highest BCUT2D eigenvalue weighted by molar-refractivity contribution is 5.87. The van der Waals surface area contributed by atoms with Gasteiger partial charge in [0.15, 0.2) is 6.29 Å². The van der Waals surface area contributed by atoms with Crippen molar-refractivity contribution in [2.75, 3.05) is 13.2 Å². The van der Waals surface area contributed by atoms with Gasteiger partial charge in [0.1, 0.15) is 5.75 Å². The van der Waals surface area contributed by atoms with E-state index in [1.807, 2.05) is 42.5 Å². The van der Waals surface area contributed by atoms with Crippen LogP contribution in [0.25, 0.3) is 11.1 Å². The average Bonchev–Trinajstić information content (AvgIpc) is 2.48. The largest absolute Gasteiger partial charge is 0.494 e. The minimum Gasteiger partial charge on any atom is -0.494 e. The molecule has 98 valence electrons. The highest BCUT2D eigenvalue weighted by atomic mass is 16.5. The molecule has 0 bridgehead atoms. The highest BCUT2D eigenvalue weighted by Gasteiger charge is 2.03. The molecule has 0 aliphatic rings. The van der Waals surface area contributed by atoms with Gasteiger partial charge in [-0.3, -0.25) is 4.79 Å². The zero-order valence-corrected chi connectivity index (χ0v) is 10.6. The van der Waals surface area contributed by atoms with Crippen molar-refractivity contribution in [1.82, 2.24) is 0 Å². The number of ether oxygens (including phenoxy) is 1. The van der Waals surface area contributed by atoms with Crippen LogP contribution in [0.1, 0.15) is 16.8 Å². The second kappa shape index (κ2) is 6.71. The Balaban J connectivity index is 2.15. The standard InChI is InChI=1S/C16H16O3/c17-10-3-11-19-15-8-6-13(7-9-15)16-5-2-1-4-14(16)12-18/h1-2,4-9,12,17H,3,10-11H2. The van der Waals surface area contributed by atoms with Crippen molar-refractivity contribution in [3.05, 3.63) is 54.1 Å². The highest BCUT2D eigenvalue weighted by Crippen LogP contribution is 2.24. The summed E-state index contributed by atoms with van der Waals surface area (Å²) >= 11 is 0. The molecule has 3 nitrogen and oxygen atoms in total. The first-order chi connectivity index (χ1) is 9.35. The van der Waals surface area contributed by atoms with Crippen LogP contribution in [-0.4, -0.2) is 24.6 Å². The van der Waals surface area contributed by atoms with Crippen LogP contribution in [-0.2, 0) is 0 Å². The lowest BCUT2D eigenvalue weighted by atomic mass is 10.0. The normalized spacial score (nSPS) is 10.2. The lowest BCUT2D eigenvalue weighted by molar-refractivity contribution is 0.112. The molecule has 0 saturated carbocycles. The van der Waals surface area contributed by atoms with Crippen LogP contribution < -0.4 is 4.74 Å². The van der Waals surface area contributed by atoms with Crippen molar-refractivity contribution in [3.63, 3.8) is 0 Å². The summed E-state index contributed by atoms with van der Waals surface area (Å²) in [4.78, 5) is 11.0. The van der Waals surface area contributed by atoms with Crippen molar-refractivity contribution in [1.29, 1.82) is 0 Å². The molecular formula is C16H16O3. The lowest BCUT2D eigenvalue weighted by Crippen LogP contribution is -1.99. The molecule has 0 spiro atoms. The molecule has 0 aliphatic heterocycles. The van der Waals surface area contributed by atoms with Gasteiger partial charge < -0.3 is 9.84 Å². The Labute approximate surface area is 112 Å². The fourth-order valence-corrected chi connectivity index (χ4v) is 1.85. The van der Waals surface area contributed by atoms with Crippen LogP contribution in [0.4, 0.5) is 0 Å². The molecule has 0 saturated heterocycles. The molecule has 1 N–H and O–H groups in total. The van der Waals surface area contributed by atoms with E-state index in [1.165, 1.54) is 0 Å². The molecule has 2 rings (SSSR count). The van der Waals surface area contributed by atoms with Crippen LogP contribution >= 0.6 is 0 Å². The fraction of sp³-hybridized carbons (Fsp3) is 0.188. The molecule has 0 unspecified atom stereocenters. The molecule has 19 heavy (non-hydrogen) atoms. The van der Waals surface area contributed by atoms with E-state index in [2.05, 4.69) is 0 Å². The average molecular weight is 256 g/mol. The van der Waals surface area contributed by atoms with Crippen LogP contribution in [0.15, 0.2) is 48.5 Å². The van der Waals surface area contributed by atoms with Gasteiger partial charge in [0.25, 0.3) is 0 Å². The van der Waals surface area contributed by atoms with Gasteiger partial charge in [-0.05, 0) is 23.3 Å². The maximum absolute atomic E-state index is 11.0. The minimum absolute atomic E-state index is 0.130. The smallest absolute Gasteiger partial charge is 0.150 e. The van der Waals surface area contributed by atoms with Crippen LogP contribution in [0.5, 0.6) is 5.75 Å². The first kappa shape index (κ1) is 13.3. The van der Waals surface area contributed by atoms with E-state index in [0.29, 0.717) is 18.6 Å². The van der Waals surface area contributed by atoms with Gasteiger partial charge in [-0.1, -0.05) is 36.4 Å². The van der Waals surface area contributed by atoms with E-state index < -0.39 is 0 Å². The Morgan fingerprint density at radius 2 is 1.79 bits per heavy atom. The van der Waals surface area contributed by atoms with E-state index in [0.717, 1.165) is 23.2 Å². The number of carbonyl (C=O) groups excluding carboxylic acids is 1. The van der Waals surface area contributed by atoms with Gasteiger partial charge in [0.05, 0.1) is 6.61 Å². The third-order valence-electron chi connectivity index (χ3n) is 2.82. The molecule has 0 radical (unpaired) electrons. The van der Waals surface area contributed by atoms with Crippen LogP contribution in [0.2, 0.25) is 0 Å². The van der Waals surface area contributed by atoms with Gasteiger partial charge in [-0.25, -0.2) is 0 Å². The molecule has 0 aromatic heterocycles. The van der Waals surface area contributed by atoms with E-state index >= 15 is 0 Å². The number of rotatable bonds is 6. The predicted molar refractivity (Wildman–Crippen MR) is 74.5 cm³/mol. The number of hydrogen-bond acceptors (Lipinski definition) is 3. The third kappa shape index (κ3) is 3.42. The summed E-state index contributed by atoms with van der Waals surface area (Å²) in [6.45, 7) is 0.631. The van der Waals surface area contributed by atoms with Crippen LogP contribution in [0, 0.1) is 0 Å². The van der Waals surface area contributed by atoms with Crippen molar-refractivity contribution < 1.29 is 14.6 Å². The first-order valence-electron chi connectivity index (χ1n) is 6.23. The predicted octanol–water partition coefficient (Wildman–Crippen LogP) is 2.93. The topological polar surface area (TPSA) is 46.5 Å². The maximum Gasteiger partial charge on any atom is 0.150 e. The Kier molecular flexibility index (Phi) is 4.70. The summed E-state index contributed by atoms with van der Waals surface area (Å²) in [6.07, 6.45) is 1.48. The zero-order chi connectivity index (χ0) is 13.5. The molecule has 3 heteroatoms. The molecule has 0 atom stereocenters. The number of benzene rings is 2. The van der Waals surface area contributed by atoms with Crippen molar-refractivity contribution in [3.8, 4) is 16.9 Å². The van der Waals surface area contributed by atoms with Gasteiger partial charge in [0, 0.05) is 18.6 Å². The summed E-state index contributed by atoms with van der Waals surface area (Å²) in [5, 5.41) is 8.68. The molecule has 2 aromatic carbocycles. The Bertz CT molecular complexity index is 532. The molecule has 0 aliphatic carbocycles. The van der Waals surface area contributed by atoms with Crippen molar-refractivity contribution in [2.45, 2.75) is 6.42 Å². The number of aldehydes is 1. The summed E-state index contributed by atoms with van der Waals surface area (Å²) in [5.74, 6) is 0.765. The quantitative estimate of drug-likeness (QED) is 0.638. The van der Waals surface area contributed by atoms with Crippen molar-refractivity contribution in [2.24, 2.45) is 0 Å².